The number of fused-ring (bicyclic) bond motifs is 1. The Labute approximate surface area is 135 Å². The lowest BCUT2D eigenvalue weighted by Gasteiger charge is -2.33. The zero-order valence-corrected chi connectivity index (χ0v) is 13.4. The molecule has 3 rings (SSSR count). The molecule has 5 heteroatoms. The highest BCUT2D eigenvalue weighted by Crippen LogP contribution is 2.34. The van der Waals surface area contributed by atoms with Crippen LogP contribution in [0.15, 0.2) is 47.4 Å². The number of amides is 1. The molecular weight excluding hydrogens is 292 g/mol. The maximum atomic E-state index is 12.7. The second-order valence-corrected chi connectivity index (χ2v) is 5.89. The smallest absolute Gasteiger partial charge is 0.250 e. The molecule has 0 bridgehead atoms. The topological polar surface area (TPSA) is 51.5 Å². The number of hydrogen-bond acceptors (Lipinski definition) is 3. The van der Waals surface area contributed by atoms with Crippen molar-refractivity contribution in [3.05, 3.63) is 58.5 Å². The molecule has 1 atom stereocenters. The van der Waals surface area contributed by atoms with Gasteiger partial charge in [0.1, 0.15) is 11.9 Å². The van der Waals surface area contributed by atoms with Crippen LogP contribution in [0.5, 0.6) is 5.75 Å². The van der Waals surface area contributed by atoms with Gasteiger partial charge in [0.05, 0.1) is 12.2 Å². The average Bonchev–Trinajstić information content (AvgIpc) is 2.53. The molecule has 0 saturated carbocycles. The quantitative estimate of drug-likeness (QED) is 0.874. The van der Waals surface area contributed by atoms with Crippen molar-refractivity contribution in [1.82, 2.24) is 4.57 Å². The number of rotatable bonds is 3. The Balaban J connectivity index is 1.79. The van der Waals surface area contributed by atoms with Crippen LogP contribution in [0.1, 0.15) is 18.9 Å². The summed E-state index contributed by atoms with van der Waals surface area (Å²) in [6, 6.07) is 10.8. The summed E-state index contributed by atoms with van der Waals surface area (Å²) >= 11 is 0. The summed E-state index contributed by atoms with van der Waals surface area (Å²) in [7, 11) is 0. The summed E-state index contributed by atoms with van der Waals surface area (Å²) in [5, 5.41) is 0. The summed E-state index contributed by atoms with van der Waals surface area (Å²) in [5.41, 5.74) is 1.80. The van der Waals surface area contributed by atoms with E-state index in [0.717, 1.165) is 17.0 Å². The molecule has 0 spiro atoms. The van der Waals surface area contributed by atoms with Crippen molar-refractivity contribution in [2.75, 3.05) is 11.4 Å². The third-order valence-electron chi connectivity index (χ3n) is 3.94. The summed E-state index contributed by atoms with van der Waals surface area (Å²) in [6.07, 6.45) is 1.94. The lowest BCUT2D eigenvalue weighted by atomic mass is 10.1. The third kappa shape index (κ3) is 3.28. The average molecular weight is 312 g/mol. The number of pyridine rings is 1. The number of aryl methyl sites for hydroxylation is 2. The van der Waals surface area contributed by atoms with Crippen LogP contribution in [0.25, 0.3) is 0 Å². The number of carbonyl (C=O) groups is 1. The zero-order chi connectivity index (χ0) is 16.4. The van der Waals surface area contributed by atoms with Gasteiger partial charge in [-0.15, -0.1) is 0 Å². The fourth-order valence-electron chi connectivity index (χ4n) is 2.78. The lowest BCUT2D eigenvalue weighted by molar-refractivity contribution is -0.119. The van der Waals surface area contributed by atoms with Gasteiger partial charge in [0, 0.05) is 25.2 Å². The van der Waals surface area contributed by atoms with Crippen molar-refractivity contribution in [2.24, 2.45) is 0 Å². The summed E-state index contributed by atoms with van der Waals surface area (Å²) in [5.74, 6) is 0.738. The van der Waals surface area contributed by atoms with E-state index in [0.29, 0.717) is 13.1 Å². The van der Waals surface area contributed by atoms with Gasteiger partial charge in [-0.25, -0.2) is 0 Å². The first-order valence-electron chi connectivity index (χ1n) is 7.78. The minimum absolute atomic E-state index is 0.00255. The van der Waals surface area contributed by atoms with Crippen LogP contribution in [0, 0.1) is 6.92 Å². The molecule has 0 saturated heterocycles. The molecule has 2 aromatic rings. The van der Waals surface area contributed by atoms with Gasteiger partial charge in [-0.3, -0.25) is 9.59 Å². The fourth-order valence-corrected chi connectivity index (χ4v) is 2.78. The highest BCUT2D eigenvalue weighted by molar-refractivity contribution is 5.95. The minimum Gasteiger partial charge on any atom is -0.487 e. The van der Waals surface area contributed by atoms with Crippen molar-refractivity contribution in [3.63, 3.8) is 0 Å². The van der Waals surface area contributed by atoms with Gasteiger partial charge in [-0.1, -0.05) is 12.1 Å². The minimum atomic E-state index is -0.0908. The van der Waals surface area contributed by atoms with Crippen molar-refractivity contribution in [1.29, 1.82) is 0 Å². The highest BCUT2D eigenvalue weighted by atomic mass is 16.5. The summed E-state index contributed by atoms with van der Waals surface area (Å²) < 4.78 is 7.35. The second-order valence-electron chi connectivity index (χ2n) is 5.89. The maximum Gasteiger partial charge on any atom is 0.250 e. The Morgan fingerprint density at radius 1 is 1.30 bits per heavy atom. The molecule has 1 aromatic heterocycles. The predicted molar refractivity (Wildman–Crippen MR) is 88.9 cm³/mol. The molecule has 1 aliphatic rings. The molecule has 0 N–H and O–H groups in total. The van der Waals surface area contributed by atoms with Gasteiger partial charge in [0.2, 0.25) is 5.91 Å². The number of nitrogens with zero attached hydrogens (tertiary/aromatic N) is 2. The van der Waals surface area contributed by atoms with E-state index in [4.69, 9.17) is 4.74 Å². The van der Waals surface area contributed by atoms with Crippen molar-refractivity contribution >= 4 is 11.6 Å². The van der Waals surface area contributed by atoms with Gasteiger partial charge in [0.15, 0.2) is 0 Å². The molecule has 0 unspecified atom stereocenters. The maximum absolute atomic E-state index is 12.7. The standard InChI is InChI=1S/C18H20N2O3/c1-13-6-7-16-15(11-13)20(12-14(2)23-16)18(22)8-10-19-9-4-3-5-17(19)21/h3-7,9,11,14H,8,10,12H2,1-2H3/t14-/m0/s1. The number of carbonyl (C=O) groups excluding carboxylic acids is 1. The first-order chi connectivity index (χ1) is 11.0. The van der Waals surface area contributed by atoms with Crippen LogP contribution < -0.4 is 15.2 Å². The molecule has 2 heterocycles. The van der Waals surface area contributed by atoms with Gasteiger partial charge < -0.3 is 14.2 Å². The Kier molecular flexibility index (Phi) is 4.19. The van der Waals surface area contributed by atoms with Gasteiger partial charge in [-0.2, -0.15) is 0 Å². The number of aromatic nitrogens is 1. The number of benzene rings is 1. The molecule has 1 aliphatic heterocycles. The number of anilines is 1. The molecule has 5 nitrogen and oxygen atoms in total. The lowest BCUT2D eigenvalue weighted by Crippen LogP contribution is -2.42. The molecule has 0 aliphatic carbocycles. The summed E-state index contributed by atoms with van der Waals surface area (Å²) in [6.45, 7) is 4.85. The van der Waals surface area contributed by atoms with Gasteiger partial charge >= 0.3 is 0 Å². The molecule has 1 aromatic carbocycles. The first kappa shape index (κ1) is 15.3. The normalized spacial score (nSPS) is 16.6. The van der Waals surface area contributed by atoms with E-state index in [1.54, 1.807) is 27.8 Å². The summed E-state index contributed by atoms with van der Waals surface area (Å²) in [4.78, 5) is 26.1. The van der Waals surface area contributed by atoms with E-state index in [1.807, 2.05) is 32.0 Å². The van der Waals surface area contributed by atoms with Crippen LogP contribution in [0.4, 0.5) is 5.69 Å². The Morgan fingerprint density at radius 2 is 2.13 bits per heavy atom. The SMILES string of the molecule is Cc1ccc2c(c1)N(C(=O)CCn1ccccc1=O)C[C@H](C)O2. The zero-order valence-electron chi connectivity index (χ0n) is 13.4. The Hall–Kier alpha value is -2.56. The third-order valence-corrected chi connectivity index (χ3v) is 3.94. The first-order valence-corrected chi connectivity index (χ1v) is 7.78. The predicted octanol–water partition coefficient (Wildman–Crippen LogP) is 2.36. The largest absolute Gasteiger partial charge is 0.487 e. The van der Waals surface area contributed by atoms with Crippen LogP contribution in [0.2, 0.25) is 0 Å². The molecular formula is C18H20N2O3. The van der Waals surface area contributed by atoms with Gasteiger partial charge in [0.25, 0.3) is 5.56 Å². The monoisotopic (exact) mass is 312 g/mol. The van der Waals surface area contributed by atoms with Crippen LogP contribution in [-0.2, 0) is 11.3 Å². The number of hydrogen-bond donors (Lipinski definition) is 0. The van der Waals surface area contributed by atoms with E-state index in [2.05, 4.69) is 0 Å². The van der Waals surface area contributed by atoms with E-state index in [-0.39, 0.29) is 24.0 Å². The van der Waals surface area contributed by atoms with E-state index >= 15 is 0 Å². The van der Waals surface area contributed by atoms with E-state index in [1.165, 1.54) is 6.07 Å². The number of ether oxygens (including phenoxy) is 1. The Morgan fingerprint density at radius 3 is 2.91 bits per heavy atom. The van der Waals surface area contributed by atoms with Gasteiger partial charge in [-0.05, 0) is 37.6 Å². The fraction of sp³-hybridized carbons (Fsp3) is 0.333. The second kappa shape index (κ2) is 6.28. The molecule has 0 fully saturated rings. The Bertz CT molecular complexity index is 782. The van der Waals surface area contributed by atoms with Crippen molar-refractivity contribution < 1.29 is 9.53 Å². The van der Waals surface area contributed by atoms with E-state index < -0.39 is 0 Å². The van der Waals surface area contributed by atoms with Crippen molar-refractivity contribution in [3.8, 4) is 5.75 Å². The van der Waals surface area contributed by atoms with Crippen LogP contribution in [-0.4, -0.2) is 23.1 Å². The molecule has 0 radical (unpaired) electrons. The van der Waals surface area contributed by atoms with Crippen LogP contribution >= 0.6 is 0 Å². The highest BCUT2D eigenvalue weighted by Gasteiger charge is 2.27. The van der Waals surface area contributed by atoms with Crippen molar-refractivity contribution in [2.45, 2.75) is 32.9 Å². The molecule has 23 heavy (non-hydrogen) atoms. The molecule has 1 amide bonds. The van der Waals surface area contributed by atoms with Crippen LogP contribution in [0.3, 0.4) is 0 Å². The molecule has 120 valence electrons. The van der Waals surface area contributed by atoms with E-state index in [9.17, 15) is 9.59 Å².